The van der Waals surface area contributed by atoms with E-state index >= 15 is 0 Å². The van der Waals surface area contributed by atoms with Crippen molar-refractivity contribution in [2.45, 2.75) is 32.7 Å². The first-order chi connectivity index (χ1) is 16.5. The van der Waals surface area contributed by atoms with Gasteiger partial charge >= 0.3 is 0 Å². The van der Waals surface area contributed by atoms with Gasteiger partial charge in [0.1, 0.15) is 16.7 Å². The van der Waals surface area contributed by atoms with E-state index in [0.29, 0.717) is 22.5 Å². The van der Waals surface area contributed by atoms with E-state index in [1.165, 1.54) is 0 Å². The van der Waals surface area contributed by atoms with E-state index in [1.54, 1.807) is 12.3 Å². The molecule has 1 saturated heterocycles. The number of halogens is 1. The predicted octanol–water partition coefficient (Wildman–Crippen LogP) is 3.88. The number of anilines is 4. The van der Waals surface area contributed by atoms with Crippen molar-refractivity contribution in [3.05, 3.63) is 58.8 Å². The SMILES string of the molecule is Cc1c(Nc2ncc(Cl)c(NC3CCN(c4ccc(C#N)nn4)CC3)n2)ccn2c(C)cnc12. The molecule has 172 valence electrons. The first-order valence-corrected chi connectivity index (χ1v) is 11.4. The van der Waals surface area contributed by atoms with E-state index in [-0.39, 0.29) is 6.04 Å². The van der Waals surface area contributed by atoms with Gasteiger partial charge in [0.15, 0.2) is 17.3 Å². The van der Waals surface area contributed by atoms with Crippen molar-refractivity contribution < 1.29 is 0 Å². The number of hydrogen-bond donors (Lipinski definition) is 2. The molecule has 0 bridgehead atoms. The number of imidazole rings is 1. The molecule has 0 spiro atoms. The summed E-state index contributed by atoms with van der Waals surface area (Å²) in [5, 5.41) is 24.2. The van der Waals surface area contributed by atoms with Crippen LogP contribution in [0.25, 0.3) is 5.65 Å². The molecular formula is C23H23ClN10. The third-order valence-electron chi connectivity index (χ3n) is 6.03. The second-order valence-corrected chi connectivity index (χ2v) is 8.66. The van der Waals surface area contributed by atoms with E-state index in [0.717, 1.165) is 54.3 Å². The standard InChI is InChI=1S/C23H23ClN10/c1-14-12-26-22-15(2)19(7-10-34(14)22)29-23-27-13-18(24)21(30-23)28-16-5-8-33(9-6-16)20-4-3-17(11-25)31-32-20/h3-4,7,10,12-13,16H,5-6,8-9H2,1-2H3,(H2,27,28,29,30). The Balaban J connectivity index is 1.26. The Labute approximate surface area is 201 Å². The predicted molar refractivity (Wildman–Crippen MR) is 131 cm³/mol. The van der Waals surface area contributed by atoms with Gasteiger partial charge in [-0.15, -0.1) is 10.2 Å². The Bertz CT molecular complexity index is 1370. The van der Waals surface area contributed by atoms with Gasteiger partial charge < -0.3 is 19.9 Å². The molecule has 2 N–H and O–H groups in total. The molecule has 4 aromatic rings. The first-order valence-electron chi connectivity index (χ1n) is 11.0. The lowest BCUT2D eigenvalue weighted by molar-refractivity contribution is 0.521. The van der Waals surface area contributed by atoms with Crippen LogP contribution in [-0.2, 0) is 0 Å². The fourth-order valence-corrected chi connectivity index (χ4v) is 4.24. The third kappa shape index (κ3) is 4.30. The van der Waals surface area contributed by atoms with Gasteiger partial charge in [-0.3, -0.25) is 0 Å². The average Bonchev–Trinajstić information content (AvgIpc) is 3.25. The molecule has 1 aliphatic heterocycles. The largest absolute Gasteiger partial charge is 0.366 e. The van der Waals surface area contributed by atoms with Crippen LogP contribution >= 0.6 is 11.6 Å². The molecule has 5 rings (SSSR count). The smallest absolute Gasteiger partial charge is 0.229 e. The highest BCUT2D eigenvalue weighted by molar-refractivity contribution is 6.32. The van der Waals surface area contributed by atoms with Crippen LogP contribution in [0.4, 0.5) is 23.3 Å². The van der Waals surface area contributed by atoms with Gasteiger partial charge in [-0.05, 0) is 44.9 Å². The molecule has 1 fully saturated rings. The average molecular weight is 475 g/mol. The lowest BCUT2D eigenvalue weighted by atomic mass is 10.1. The summed E-state index contributed by atoms with van der Waals surface area (Å²) in [4.78, 5) is 15.6. The second kappa shape index (κ2) is 9.11. The topological polar surface area (TPSA) is 120 Å². The van der Waals surface area contributed by atoms with Crippen LogP contribution in [0.3, 0.4) is 0 Å². The van der Waals surface area contributed by atoms with Crippen LogP contribution in [0, 0.1) is 25.2 Å². The normalized spacial score (nSPS) is 14.2. The van der Waals surface area contributed by atoms with E-state index in [9.17, 15) is 0 Å². The molecule has 10 nitrogen and oxygen atoms in total. The molecule has 0 aliphatic carbocycles. The van der Waals surface area contributed by atoms with Crippen LogP contribution in [0.5, 0.6) is 0 Å². The maximum Gasteiger partial charge on any atom is 0.229 e. The molecular weight excluding hydrogens is 452 g/mol. The van der Waals surface area contributed by atoms with E-state index in [2.05, 4.69) is 40.7 Å². The summed E-state index contributed by atoms with van der Waals surface area (Å²) in [6, 6.07) is 7.72. The highest BCUT2D eigenvalue weighted by Crippen LogP contribution is 2.27. The summed E-state index contributed by atoms with van der Waals surface area (Å²) in [7, 11) is 0. The van der Waals surface area contributed by atoms with Gasteiger partial charge in [0, 0.05) is 48.5 Å². The Morgan fingerprint density at radius 2 is 1.91 bits per heavy atom. The van der Waals surface area contributed by atoms with Crippen molar-refractivity contribution in [1.29, 1.82) is 5.26 Å². The molecule has 0 saturated carbocycles. The minimum atomic E-state index is 0.217. The maximum absolute atomic E-state index is 8.89. The summed E-state index contributed by atoms with van der Waals surface area (Å²) in [5.41, 5.74) is 4.20. The molecule has 0 amide bonds. The zero-order chi connectivity index (χ0) is 23.7. The van der Waals surface area contributed by atoms with Crippen LogP contribution < -0.4 is 15.5 Å². The van der Waals surface area contributed by atoms with Crippen molar-refractivity contribution >= 4 is 40.5 Å². The maximum atomic E-state index is 8.89. The van der Waals surface area contributed by atoms with Crippen LogP contribution in [0.1, 0.15) is 29.8 Å². The number of hydrogen-bond acceptors (Lipinski definition) is 9. The van der Waals surface area contributed by atoms with Crippen molar-refractivity contribution in [3.63, 3.8) is 0 Å². The molecule has 0 atom stereocenters. The molecule has 0 radical (unpaired) electrons. The summed E-state index contributed by atoms with van der Waals surface area (Å²) in [6.45, 7) is 5.67. The first kappa shape index (κ1) is 21.9. The molecule has 0 aromatic carbocycles. The van der Waals surface area contributed by atoms with Gasteiger partial charge in [0.25, 0.3) is 0 Å². The number of rotatable bonds is 5. The molecule has 5 heterocycles. The lowest BCUT2D eigenvalue weighted by Crippen LogP contribution is -2.39. The zero-order valence-corrected chi connectivity index (χ0v) is 19.6. The van der Waals surface area contributed by atoms with Crippen LogP contribution in [0.15, 0.2) is 36.8 Å². The fourth-order valence-electron chi connectivity index (χ4n) is 4.09. The molecule has 1 aliphatic rings. The molecule has 11 heteroatoms. The summed E-state index contributed by atoms with van der Waals surface area (Å²) < 4.78 is 2.05. The van der Waals surface area contributed by atoms with Crippen molar-refractivity contribution in [1.82, 2.24) is 29.5 Å². The number of nitriles is 1. The van der Waals surface area contributed by atoms with Crippen molar-refractivity contribution in [3.8, 4) is 6.07 Å². The minimum Gasteiger partial charge on any atom is -0.366 e. The van der Waals surface area contributed by atoms with Gasteiger partial charge in [0.05, 0.1) is 6.20 Å². The Morgan fingerprint density at radius 1 is 1.09 bits per heavy atom. The lowest BCUT2D eigenvalue weighted by Gasteiger charge is -2.33. The quantitative estimate of drug-likeness (QED) is 0.443. The third-order valence-corrected chi connectivity index (χ3v) is 6.30. The number of pyridine rings is 1. The number of fused-ring (bicyclic) bond motifs is 1. The van der Waals surface area contributed by atoms with Gasteiger partial charge in [-0.25, -0.2) is 9.97 Å². The Hall–Kier alpha value is -3.97. The highest BCUT2D eigenvalue weighted by Gasteiger charge is 2.22. The zero-order valence-electron chi connectivity index (χ0n) is 18.8. The summed E-state index contributed by atoms with van der Waals surface area (Å²) in [5.74, 6) is 1.85. The monoisotopic (exact) mass is 474 g/mol. The van der Waals surface area contributed by atoms with Crippen molar-refractivity contribution in [2.75, 3.05) is 28.6 Å². The van der Waals surface area contributed by atoms with Crippen LogP contribution in [0.2, 0.25) is 5.02 Å². The highest BCUT2D eigenvalue weighted by atomic mass is 35.5. The number of piperidine rings is 1. The second-order valence-electron chi connectivity index (χ2n) is 8.26. The number of aryl methyl sites for hydroxylation is 2. The van der Waals surface area contributed by atoms with E-state index in [1.807, 2.05) is 48.8 Å². The summed E-state index contributed by atoms with van der Waals surface area (Å²) in [6.07, 6.45) is 7.22. The minimum absolute atomic E-state index is 0.217. The Kier molecular flexibility index (Phi) is 5.86. The fraction of sp³-hybridized carbons (Fsp3) is 0.304. The van der Waals surface area contributed by atoms with Gasteiger partial charge in [-0.1, -0.05) is 11.6 Å². The van der Waals surface area contributed by atoms with Crippen LogP contribution in [-0.4, -0.2) is 48.7 Å². The van der Waals surface area contributed by atoms with Crippen molar-refractivity contribution in [2.24, 2.45) is 0 Å². The van der Waals surface area contributed by atoms with Gasteiger partial charge in [0.2, 0.25) is 5.95 Å². The number of aromatic nitrogens is 6. The van der Waals surface area contributed by atoms with E-state index in [4.69, 9.17) is 16.9 Å². The Morgan fingerprint density at radius 3 is 2.65 bits per heavy atom. The molecule has 34 heavy (non-hydrogen) atoms. The summed E-state index contributed by atoms with van der Waals surface area (Å²) >= 11 is 6.40. The van der Waals surface area contributed by atoms with Gasteiger partial charge in [-0.2, -0.15) is 10.2 Å². The molecule has 4 aromatic heterocycles. The van der Waals surface area contributed by atoms with E-state index < -0.39 is 0 Å². The number of nitrogens with one attached hydrogen (secondary N) is 2. The molecule has 0 unspecified atom stereocenters. The number of nitrogens with zero attached hydrogens (tertiary/aromatic N) is 8.